The lowest BCUT2D eigenvalue weighted by molar-refractivity contribution is -0.167. The molecule has 4 bridgehead atoms. The first-order valence-electron chi connectivity index (χ1n) is 7.61. The van der Waals surface area contributed by atoms with Gasteiger partial charge in [-0.3, -0.25) is 4.79 Å². The van der Waals surface area contributed by atoms with E-state index in [1.165, 1.54) is 0 Å². The molecular formula is C16H22O3. The van der Waals surface area contributed by atoms with Crippen molar-refractivity contribution in [2.24, 2.45) is 35.0 Å². The van der Waals surface area contributed by atoms with E-state index < -0.39 is 0 Å². The van der Waals surface area contributed by atoms with E-state index in [4.69, 9.17) is 9.47 Å². The van der Waals surface area contributed by atoms with Crippen LogP contribution < -0.4 is 0 Å². The highest BCUT2D eigenvalue weighted by atomic mass is 16.5. The van der Waals surface area contributed by atoms with Crippen molar-refractivity contribution >= 4 is 5.97 Å². The van der Waals surface area contributed by atoms with E-state index in [2.05, 4.69) is 12.2 Å². The van der Waals surface area contributed by atoms with Crippen molar-refractivity contribution in [3.8, 4) is 0 Å². The summed E-state index contributed by atoms with van der Waals surface area (Å²) in [7, 11) is 1.82. The van der Waals surface area contributed by atoms with E-state index in [0.717, 1.165) is 19.3 Å². The molecule has 0 aromatic heterocycles. The third-order valence-corrected chi connectivity index (χ3v) is 6.36. The lowest BCUT2D eigenvalue weighted by Crippen LogP contribution is -2.50. The molecule has 4 rings (SSSR count). The third kappa shape index (κ3) is 1.21. The molecule has 3 heteroatoms. The molecule has 0 spiro atoms. The normalized spacial score (nSPS) is 52.7. The molecule has 4 aliphatic carbocycles. The number of carbonyl (C=O) groups excluding carboxylic acids is 1. The quantitative estimate of drug-likeness (QED) is 0.445. The average Bonchev–Trinajstić information content (AvgIpc) is 3.15. The number of allylic oxidation sites excluding steroid dienone is 2. The Kier molecular flexibility index (Phi) is 2.42. The predicted octanol–water partition coefficient (Wildman–Crippen LogP) is 2.41. The van der Waals surface area contributed by atoms with Gasteiger partial charge in [0.05, 0.1) is 18.1 Å². The van der Waals surface area contributed by atoms with Crippen LogP contribution in [0.15, 0.2) is 12.2 Å². The van der Waals surface area contributed by atoms with Crippen LogP contribution >= 0.6 is 0 Å². The highest BCUT2D eigenvalue weighted by molar-refractivity contribution is 5.80. The Bertz CT molecular complexity index is 443. The summed E-state index contributed by atoms with van der Waals surface area (Å²) in [5, 5.41) is 0. The first-order valence-corrected chi connectivity index (χ1v) is 7.61. The fourth-order valence-corrected chi connectivity index (χ4v) is 5.98. The number of rotatable bonds is 3. The molecule has 7 unspecified atom stereocenters. The Hall–Kier alpha value is -0.830. The van der Waals surface area contributed by atoms with Gasteiger partial charge in [0.1, 0.15) is 0 Å². The average molecular weight is 262 g/mol. The van der Waals surface area contributed by atoms with Crippen LogP contribution in [0.4, 0.5) is 0 Å². The maximum atomic E-state index is 12.7. The second-order valence-corrected chi connectivity index (χ2v) is 6.68. The molecule has 3 nitrogen and oxygen atoms in total. The number of fused-ring (bicyclic) bond motifs is 9. The van der Waals surface area contributed by atoms with Crippen molar-refractivity contribution in [2.75, 3.05) is 13.7 Å². The van der Waals surface area contributed by atoms with Gasteiger partial charge in [0.25, 0.3) is 0 Å². The molecule has 0 amide bonds. The highest BCUT2D eigenvalue weighted by Gasteiger charge is 2.73. The van der Waals surface area contributed by atoms with Crippen molar-refractivity contribution < 1.29 is 14.3 Å². The summed E-state index contributed by atoms with van der Waals surface area (Å²) in [6, 6.07) is 0. The number of hydrogen-bond acceptors (Lipinski definition) is 3. The summed E-state index contributed by atoms with van der Waals surface area (Å²) in [5.74, 6) is 2.62. The first-order chi connectivity index (χ1) is 9.23. The number of esters is 1. The highest BCUT2D eigenvalue weighted by Crippen LogP contribution is 2.73. The molecule has 0 saturated heterocycles. The lowest BCUT2D eigenvalue weighted by Gasteiger charge is -2.44. The molecule has 3 fully saturated rings. The zero-order valence-electron chi connectivity index (χ0n) is 11.7. The Labute approximate surface area is 114 Å². The second kappa shape index (κ2) is 3.85. The Morgan fingerprint density at radius 3 is 2.89 bits per heavy atom. The van der Waals surface area contributed by atoms with Gasteiger partial charge in [-0.2, -0.15) is 0 Å². The van der Waals surface area contributed by atoms with Gasteiger partial charge in [-0.15, -0.1) is 0 Å². The molecule has 104 valence electrons. The molecule has 0 aromatic carbocycles. The molecule has 19 heavy (non-hydrogen) atoms. The van der Waals surface area contributed by atoms with Crippen LogP contribution in [0.3, 0.4) is 0 Å². The minimum atomic E-state index is -0.199. The summed E-state index contributed by atoms with van der Waals surface area (Å²) >= 11 is 0. The fourth-order valence-electron chi connectivity index (χ4n) is 5.98. The fraction of sp³-hybridized carbons (Fsp3) is 0.812. The lowest BCUT2D eigenvalue weighted by atomic mass is 9.60. The topological polar surface area (TPSA) is 35.5 Å². The first kappa shape index (κ1) is 12.0. The Morgan fingerprint density at radius 2 is 2.16 bits per heavy atom. The molecule has 7 atom stereocenters. The van der Waals surface area contributed by atoms with Gasteiger partial charge in [-0.25, -0.2) is 0 Å². The van der Waals surface area contributed by atoms with E-state index >= 15 is 0 Å². The molecule has 0 aliphatic heterocycles. The van der Waals surface area contributed by atoms with Crippen LogP contribution in [-0.2, 0) is 14.3 Å². The Morgan fingerprint density at radius 1 is 1.32 bits per heavy atom. The maximum absolute atomic E-state index is 12.7. The number of hydrogen-bond donors (Lipinski definition) is 0. The van der Waals surface area contributed by atoms with Gasteiger partial charge in [0, 0.05) is 7.11 Å². The van der Waals surface area contributed by atoms with Crippen LogP contribution in [0, 0.1) is 35.0 Å². The molecule has 4 aliphatic rings. The second-order valence-electron chi connectivity index (χ2n) is 6.68. The summed E-state index contributed by atoms with van der Waals surface area (Å²) in [5.41, 5.74) is -0.199. The van der Waals surface area contributed by atoms with Gasteiger partial charge in [-0.05, 0) is 55.8 Å². The number of carbonyl (C=O) groups is 1. The number of ether oxygens (including phenoxy) is 2. The molecule has 0 aromatic rings. The van der Waals surface area contributed by atoms with Crippen LogP contribution in [0.1, 0.15) is 26.2 Å². The summed E-state index contributed by atoms with van der Waals surface area (Å²) in [6.45, 7) is 2.41. The smallest absolute Gasteiger partial charge is 0.313 e. The third-order valence-electron chi connectivity index (χ3n) is 6.36. The van der Waals surface area contributed by atoms with Gasteiger partial charge >= 0.3 is 5.97 Å². The van der Waals surface area contributed by atoms with Crippen LogP contribution in [0.5, 0.6) is 0 Å². The largest absolute Gasteiger partial charge is 0.466 e. The van der Waals surface area contributed by atoms with Gasteiger partial charge in [0.2, 0.25) is 0 Å². The van der Waals surface area contributed by atoms with E-state index in [-0.39, 0.29) is 11.4 Å². The van der Waals surface area contributed by atoms with Gasteiger partial charge in [0.15, 0.2) is 0 Å². The van der Waals surface area contributed by atoms with E-state index in [0.29, 0.717) is 42.3 Å². The van der Waals surface area contributed by atoms with Crippen molar-refractivity contribution in [2.45, 2.75) is 32.3 Å². The summed E-state index contributed by atoms with van der Waals surface area (Å²) in [4.78, 5) is 12.7. The predicted molar refractivity (Wildman–Crippen MR) is 70.3 cm³/mol. The standard InChI is InChI=1S/C16H22O3/c1-3-19-15(17)16-10-5-4-9(6-10)14(16)12-7-11(16)8-13(12)18-2/h4-5,9-14H,3,6-8H2,1-2H3. The summed E-state index contributed by atoms with van der Waals surface area (Å²) < 4.78 is 11.2. The van der Waals surface area contributed by atoms with Crippen LogP contribution in [0.25, 0.3) is 0 Å². The molecule has 0 N–H and O–H groups in total. The molecular weight excluding hydrogens is 240 g/mol. The monoisotopic (exact) mass is 262 g/mol. The van der Waals surface area contributed by atoms with E-state index in [1.807, 2.05) is 14.0 Å². The summed E-state index contributed by atoms with van der Waals surface area (Å²) in [6.07, 6.45) is 8.38. The molecule has 0 radical (unpaired) electrons. The van der Waals surface area contributed by atoms with Crippen molar-refractivity contribution in [3.05, 3.63) is 12.2 Å². The SMILES string of the molecule is CCOC(=O)C12C3C=CC(C3)C1C1CC2CC1OC. The minimum Gasteiger partial charge on any atom is -0.466 e. The van der Waals surface area contributed by atoms with Gasteiger partial charge < -0.3 is 9.47 Å². The van der Waals surface area contributed by atoms with Crippen molar-refractivity contribution in [1.82, 2.24) is 0 Å². The van der Waals surface area contributed by atoms with Crippen LogP contribution in [0.2, 0.25) is 0 Å². The molecule has 3 saturated carbocycles. The zero-order chi connectivity index (χ0) is 13.2. The van der Waals surface area contributed by atoms with Gasteiger partial charge in [-0.1, -0.05) is 12.2 Å². The minimum absolute atomic E-state index is 0.0823. The molecule has 0 heterocycles. The van der Waals surface area contributed by atoms with Crippen LogP contribution in [-0.4, -0.2) is 25.8 Å². The van der Waals surface area contributed by atoms with Crippen molar-refractivity contribution in [1.29, 1.82) is 0 Å². The number of methoxy groups -OCH3 is 1. The van der Waals surface area contributed by atoms with Crippen molar-refractivity contribution in [3.63, 3.8) is 0 Å². The maximum Gasteiger partial charge on any atom is 0.313 e. The van der Waals surface area contributed by atoms with E-state index in [9.17, 15) is 4.79 Å². The Balaban J connectivity index is 1.76. The van der Waals surface area contributed by atoms with E-state index in [1.54, 1.807) is 0 Å². The zero-order valence-corrected chi connectivity index (χ0v) is 11.7.